The lowest BCUT2D eigenvalue weighted by Crippen LogP contribution is -2.33. The SMILES string of the molecule is Cc1ccc(C)c(N(CCC(=O)O)C(=O)c2cccs2)c1. The number of nitrogens with zero attached hydrogens (tertiary/aromatic N) is 1. The summed E-state index contributed by atoms with van der Waals surface area (Å²) >= 11 is 1.36. The zero-order valence-electron chi connectivity index (χ0n) is 12.0. The smallest absolute Gasteiger partial charge is 0.305 e. The minimum atomic E-state index is -0.913. The summed E-state index contributed by atoms with van der Waals surface area (Å²) in [6, 6.07) is 9.41. The Hall–Kier alpha value is -2.14. The van der Waals surface area contributed by atoms with Crippen LogP contribution in [-0.2, 0) is 4.79 Å². The lowest BCUT2D eigenvalue weighted by Gasteiger charge is -2.24. The van der Waals surface area contributed by atoms with Gasteiger partial charge in [-0.05, 0) is 42.5 Å². The summed E-state index contributed by atoms with van der Waals surface area (Å²) in [6.07, 6.45) is -0.0789. The first-order chi connectivity index (χ1) is 9.99. The maximum atomic E-state index is 12.6. The average Bonchev–Trinajstić information content (AvgIpc) is 2.96. The molecule has 0 saturated heterocycles. The molecule has 1 amide bonds. The molecule has 0 bridgehead atoms. The first kappa shape index (κ1) is 15.3. The van der Waals surface area contributed by atoms with Crippen LogP contribution in [0.3, 0.4) is 0 Å². The lowest BCUT2D eigenvalue weighted by atomic mass is 10.1. The van der Waals surface area contributed by atoms with Gasteiger partial charge in [0.15, 0.2) is 0 Å². The number of carboxylic acid groups (broad SMARTS) is 1. The molecule has 1 N–H and O–H groups in total. The van der Waals surface area contributed by atoms with Crippen molar-refractivity contribution < 1.29 is 14.7 Å². The minimum Gasteiger partial charge on any atom is -0.481 e. The van der Waals surface area contributed by atoms with Crippen molar-refractivity contribution in [1.82, 2.24) is 0 Å². The van der Waals surface area contributed by atoms with Crippen molar-refractivity contribution in [1.29, 1.82) is 0 Å². The van der Waals surface area contributed by atoms with E-state index in [1.807, 2.05) is 43.5 Å². The number of hydrogen-bond acceptors (Lipinski definition) is 3. The van der Waals surface area contributed by atoms with Gasteiger partial charge in [0, 0.05) is 12.2 Å². The number of anilines is 1. The Morgan fingerprint density at radius 3 is 2.62 bits per heavy atom. The van der Waals surface area contributed by atoms with Crippen LogP contribution in [0, 0.1) is 13.8 Å². The zero-order chi connectivity index (χ0) is 15.4. The van der Waals surface area contributed by atoms with E-state index in [4.69, 9.17) is 5.11 Å². The number of rotatable bonds is 5. The molecule has 0 saturated carbocycles. The molecule has 0 atom stereocenters. The fraction of sp³-hybridized carbons (Fsp3) is 0.250. The number of carbonyl (C=O) groups excluding carboxylic acids is 1. The van der Waals surface area contributed by atoms with E-state index in [9.17, 15) is 9.59 Å². The second-order valence-electron chi connectivity index (χ2n) is 4.87. The van der Waals surface area contributed by atoms with Crippen LogP contribution in [0.2, 0.25) is 0 Å². The number of aryl methyl sites for hydroxylation is 2. The van der Waals surface area contributed by atoms with Crippen molar-refractivity contribution in [2.45, 2.75) is 20.3 Å². The summed E-state index contributed by atoms with van der Waals surface area (Å²) in [6.45, 7) is 4.04. The van der Waals surface area contributed by atoms with Crippen molar-refractivity contribution in [2.24, 2.45) is 0 Å². The third kappa shape index (κ3) is 3.70. The van der Waals surface area contributed by atoms with Crippen LogP contribution >= 0.6 is 11.3 Å². The molecule has 21 heavy (non-hydrogen) atoms. The fourth-order valence-corrected chi connectivity index (χ4v) is 2.75. The minimum absolute atomic E-state index is 0.0789. The molecule has 4 nitrogen and oxygen atoms in total. The molecule has 0 spiro atoms. The van der Waals surface area contributed by atoms with Gasteiger partial charge in [-0.2, -0.15) is 0 Å². The van der Waals surface area contributed by atoms with E-state index in [1.54, 1.807) is 11.0 Å². The van der Waals surface area contributed by atoms with Crippen LogP contribution in [-0.4, -0.2) is 23.5 Å². The Morgan fingerprint density at radius 1 is 1.24 bits per heavy atom. The van der Waals surface area contributed by atoms with E-state index in [2.05, 4.69) is 0 Å². The maximum absolute atomic E-state index is 12.6. The molecule has 1 aromatic carbocycles. The van der Waals surface area contributed by atoms with Crippen molar-refractivity contribution in [2.75, 3.05) is 11.4 Å². The molecule has 0 fully saturated rings. The van der Waals surface area contributed by atoms with E-state index in [0.29, 0.717) is 4.88 Å². The molecule has 5 heteroatoms. The van der Waals surface area contributed by atoms with Crippen molar-refractivity contribution in [3.63, 3.8) is 0 Å². The molecule has 1 heterocycles. The Labute approximate surface area is 127 Å². The molecule has 0 aliphatic heterocycles. The second kappa shape index (κ2) is 6.54. The highest BCUT2D eigenvalue weighted by Gasteiger charge is 2.21. The number of benzene rings is 1. The molecule has 0 aliphatic carbocycles. The third-order valence-corrected chi connectivity index (χ3v) is 4.04. The monoisotopic (exact) mass is 303 g/mol. The predicted octanol–water partition coefficient (Wildman–Crippen LogP) is 3.49. The second-order valence-corrected chi connectivity index (χ2v) is 5.82. The predicted molar refractivity (Wildman–Crippen MR) is 84.2 cm³/mol. The zero-order valence-corrected chi connectivity index (χ0v) is 12.8. The van der Waals surface area contributed by atoms with E-state index in [0.717, 1.165) is 16.8 Å². The van der Waals surface area contributed by atoms with Crippen LogP contribution in [0.1, 0.15) is 27.2 Å². The molecular weight excluding hydrogens is 286 g/mol. The topological polar surface area (TPSA) is 57.6 Å². The number of amides is 1. The lowest BCUT2D eigenvalue weighted by molar-refractivity contribution is -0.136. The number of aliphatic carboxylic acids is 1. The molecule has 2 aromatic rings. The summed E-state index contributed by atoms with van der Waals surface area (Å²) in [4.78, 5) is 25.7. The Morgan fingerprint density at radius 2 is 2.00 bits per heavy atom. The van der Waals surface area contributed by atoms with Gasteiger partial charge in [0.1, 0.15) is 0 Å². The van der Waals surface area contributed by atoms with Gasteiger partial charge in [0.25, 0.3) is 5.91 Å². The van der Waals surface area contributed by atoms with E-state index in [1.165, 1.54) is 11.3 Å². The summed E-state index contributed by atoms with van der Waals surface area (Å²) in [5.41, 5.74) is 2.76. The standard InChI is InChI=1S/C16H17NO3S/c1-11-5-6-12(2)13(10-11)17(8-7-15(18)19)16(20)14-4-3-9-21-14/h3-6,9-10H,7-8H2,1-2H3,(H,18,19). The number of hydrogen-bond donors (Lipinski definition) is 1. The van der Waals surface area contributed by atoms with E-state index < -0.39 is 5.97 Å². The van der Waals surface area contributed by atoms with Gasteiger partial charge in [0.2, 0.25) is 0 Å². The van der Waals surface area contributed by atoms with Crippen LogP contribution in [0.25, 0.3) is 0 Å². The van der Waals surface area contributed by atoms with Crippen LogP contribution in [0.15, 0.2) is 35.7 Å². The quantitative estimate of drug-likeness (QED) is 0.920. The van der Waals surface area contributed by atoms with Gasteiger partial charge in [-0.15, -0.1) is 11.3 Å². The molecule has 0 unspecified atom stereocenters. The third-order valence-electron chi connectivity index (χ3n) is 3.18. The highest BCUT2D eigenvalue weighted by molar-refractivity contribution is 7.12. The Kier molecular flexibility index (Phi) is 4.75. The van der Waals surface area contributed by atoms with Gasteiger partial charge in [-0.1, -0.05) is 18.2 Å². The summed E-state index contributed by atoms with van der Waals surface area (Å²) < 4.78 is 0. The molecule has 0 aliphatic rings. The summed E-state index contributed by atoms with van der Waals surface area (Å²) in [5, 5.41) is 10.7. The average molecular weight is 303 g/mol. The van der Waals surface area contributed by atoms with Crippen LogP contribution in [0.5, 0.6) is 0 Å². The molecule has 0 radical (unpaired) electrons. The summed E-state index contributed by atoms with van der Waals surface area (Å²) in [5.74, 6) is -1.07. The highest BCUT2D eigenvalue weighted by atomic mass is 32.1. The van der Waals surface area contributed by atoms with Gasteiger partial charge in [0.05, 0.1) is 11.3 Å². The van der Waals surface area contributed by atoms with Crippen molar-refractivity contribution in [3.8, 4) is 0 Å². The molecular formula is C16H17NO3S. The number of carbonyl (C=O) groups is 2. The van der Waals surface area contributed by atoms with Crippen LogP contribution < -0.4 is 4.90 Å². The first-order valence-corrected chi connectivity index (χ1v) is 7.51. The molecule has 1 aromatic heterocycles. The Bertz CT molecular complexity index is 650. The summed E-state index contributed by atoms with van der Waals surface area (Å²) in [7, 11) is 0. The normalized spacial score (nSPS) is 10.4. The van der Waals surface area contributed by atoms with E-state index in [-0.39, 0.29) is 18.9 Å². The largest absolute Gasteiger partial charge is 0.481 e. The van der Waals surface area contributed by atoms with Gasteiger partial charge >= 0.3 is 5.97 Å². The highest BCUT2D eigenvalue weighted by Crippen LogP contribution is 2.25. The van der Waals surface area contributed by atoms with Gasteiger partial charge < -0.3 is 10.0 Å². The van der Waals surface area contributed by atoms with E-state index >= 15 is 0 Å². The number of carboxylic acids is 1. The Balaban J connectivity index is 2.37. The molecule has 110 valence electrons. The van der Waals surface area contributed by atoms with Gasteiger partial charge in [-0.25, -0.2) is 0 Å². The first-order valence-electron chi connectivity index (χ1n) is 6.63. The fourth-order valence-electron chi connectivity index (χ4n) is 2.08. The number of thiophene rings is 1. The van der Waals surface area contributed by atoms with Crippen molar-refractivity contribution >= 4 is 28.9 Å². The van der Waals surface area contributed by atoms with Crippen molar-refractivity contribution in [3.05, 3.63) is 51.7 Å². The maximum Gasteiger partial charge on any atom is 0.305 e. The van der Waals surface area contributed by atoms with Gasteiger partial charge in [-0.3, -0.25) is 9.59 Å². The molecule has 2 rings (SSSR count). The van der Waals surface area contributed by atoms with Crippen LogP contribution in [0.4, 0.5) is 5.69 Å².